The Morgan fingerprint density at radius 3 is 2.12 bits per heavy atom. The van der Waals surface area contributed by atoms with E-state index in [0.29, 0.717) is 18.3 Å². The van der Waals surface area contributed by atoms with Crippen LogP contribution in [0.2, 0.25) is 0 Å². The van der Waals surface area contributed by atoms with Gasteiger partial charge in [0.05, 0.1) is 6.61 Å². The number of ether oxygens (including phenoxy) is 2. The van der Waals surface area contributed by atoms with Crippen LogP contribution >= 0.6 is 9.24 Å². The summed E-state index contributed by atoms with van der Waals surface area (Å²) in [5, 5.41) is -0.306. The average Bonchev–Trinajstić information content (AvgIpc) is 2.60. The SMILES string of the molecule is CC1CCC(C2CCC(C(F)(F)Oc3cc(F)c(P)c(F)c3)OC2)CC1. The van der Waals surface area contributed by atoms with Crippen molar-refractivity contribution in [1.29, 1.82) is 0 Å². The highest BCUT2D eigenvalue weighted by Crippen LogP contribution is 2.40. The van der Waals surface area contributed by atoms with Crippen molar-refractivity contribution in [2.45, 2.75) is 57.7 Å². The van der Waals surface area contributed by atoms with Gasteiger partial charge in [0.2, 0.25) is 0 Å². The maximum atomic E-state index is 14.4. The molecule has 1 saturated carbocycles. The normalized spacial score (nSPS) is 30.2. The fraction of sp³-hybridized carbons (Fsp3) is 0.684. The zero-order chi connectivity index (χ0) is 18.9. The van der Waals surface area contributed by atoms with Crippen LogP contribution in [-0.4, -0.2) is 18.8 Å². The molecule has 1 aromatic rings. The van der Waals surface area contributed by atoms with Crippen LogP contribution < -0.4 is 10.0 Å². The number of alkyl halides is 2. The van der Waals surface area contributed by atoms with Crippen LogP contribution in [0.15, 0.2) is 12.1 Å². The molecule has 26 heavy (non-hydrogen) atoms. The van der Waals surface area contributed by atoms with Crippen LogP contribution in [0, 0.1) is 29.4 Å². The standard InChI is InChI=1S/C19H25F4O2P/c1-11-2-4-12(5-3-11)13-6-7-17(24-10-13)19(22,23)25-14-8-15(20)18(26)16(21)9-14/h8-9,11-13,17H,2-7,10,26H2,1H3. The molecule has 2 aliphatic rings. The Morgan fingerprint density at radius 2 is 1.58 bits per heavy atom. The molecule has 1 aromatic carbocycles. The summed E-state index contributed by atoms with van der Waals surface area (Å²) >= 11 is 0. The van der Waals surface area contributed by atoms with Crippen LogP contribution in [0.5, 0.6) is 5.75 Å². The molecule has 7 heteroatoms. The lowest BCUT2D eigenvalue weighted by Crippen LogP contribution is -2.45. The van der Waals surface area contributed by atoms with Crippen LogP contribution in [0.25, 0.3) is 0 Å². The summed E-state index contributed by atoms with van der Waals surface area (Å²) in [5.41, 5.74) is 0. The van der Waals surface area contributed by atoms with Gasteiger partial charge in [0, 0.05) is 17.4 Å². The van der Waals surface area contributed by atoms with E-state index >= 15 is 0 Å². The van der Waals surface area contributed by atoms with Crippen molar-refractivity contribution in [1.82, 2.24) is 0 Å². The average molecular weight is 392 g/mol. The maximum Gasteiger partial charge on any atom is 0.424 e. The molecular formula is C19H25F4O2P. The monoisotopic (exact) mass is 392 g/mol. The predicted octanol–water partition coefficient (Wildman–Crippen LogP) is 5.06. The minimum absolute atomic E-state index is 0.177. The first-order valence-electron chi connectivity index (χ1n) is 9.19. The molecule has 1 aliphatic carbocycles. The first-order valence-corrected chi connectivity index (χ1v) is 9.77. The van der Waals surface area contributed by atoms with Crippen molar-refractivity contribution in [3.8, 4) is 5.75 Å². The van der Waals surface area contributed by atoms with Crippen molar-refractivity contribution < 1.29 is 27.0 Å². The summed E-state index contributed by atoms with van der Waals surface area (Å²) in [4.78, 5) is 0. The smallest absolute Gasteiger partial charge is 0.424 e. The Kier molecular flexibility index (Phi) is 6.13. The molecule has 0 amide bonds. The summed E-state index contributed by atoms with van der Waals surface area (Å²) in [6, 6.07) is 1.52. The number of halogens is 4. The van der Waals surface area contributed by atoms with E-state index in [-0.39, 0.29) is 18.3 Å². The summed E-state index contributed by atoms with van der Waals surface area (Å²) < 4.78 is 65.8. The fourth-order valence-electron chi connectivity index (χ4n) is 4.01. The zero-order valence-corrected chi connectivity index (χ0v) is 16.0. The van der Waals surface area contributed by atoms with Gasteiger partial charge in [0.15, 0.2) is 6.10 Å². The molecule has 3 rings (SSSR count). The maximum absolute atomic E-state index is 14.4. The van der Waals surface area contributed by atoms with E-state index in [1.807, 2.05) is 9.24 Å². The van der Waals surface area contributed by atoms with Gasteiger partial charge in [-0.15, -0.1) is 0 Å². The van der Waals surface area contributed by atoms with Gasteiger partial charge in [-0.05, 0) is 43.4 Å². The van der Waals surface area contributed by atoms with Crippen molar-refractivity contribution in [2.24, 2.45) is 17.8 Å². The van der Waals surface area contributed by atoms with Gasteiger partial charge >= 0.3 is 6.11 Å². The van der Waals surface area contributed by atoms with Gasteiger partial charge in [-0.2, -0.15) is 8.78 Å². The minimum Gasteiger partial charge on any atom is -0.430 e. The van der Waals surface area contributed by atoms with Crippen LogP contribution in [0.1, 0.15) is 45.4 Å². The van der Waals surface area contributed by atoms with Crippen LogP contribution in [0.3, 0.4) is 0 Å². The molecular weight excluding hydrogens is 367 g/mol. The molecule has 1 saturated heterocycles. The Hall–Kier alpha value is -0.870. The second-order valence-electron chi connectivity index (χ2n) is 7.64. The van der Waals surface area contributed by atoms with Gasteiger partial charge in [-0.25, -0.2) is 8.78 Å². The summed E-state index contributed by atoms with van der Waals surface area (Å²) in [6.45, 7) is 2.53. The Bertz CT molecular complexity index is 601. The molecule has 2 fully saturated rings. The van der Waals surface area contributed by atoms with E-state index in [4.69, 9.17) is 4.74 Å². The Morgan fingerprint density at radius 1 is 1.00 bits per heavy atom. The molecule has 0 N–H and O–H groups in total. The zero-order valence-electron chi connectivity index (χ0n) is 14.8. The van der Waals surface area contributed by atoms with E-state index in [1.165, 1.54) is 12.8 Å². The largest absolute Gasteiger partial charge is 0.430 e. The molecule has 0 spiro atoms. The van der Waals surface area contributed by atoms with Crippen molar-refractivity contribution in [3.63, 3.8) is 0 Å². The van der Waals surface area contributed by atoms with E-state index in [0.717, 1.165) is 30.9 Å². The quantitative estimate of drug-likeness (QED) is 0.527. The third kappa shape index (κ3) is 4.51. The second-order valence-corrected chi connectivity index (χ2v) is 8.22. The van der Waals surface area contributed by atoms with Gasteiger partial charge < -0.3 is 9.47 Å². The lowest BCUT2D eigenvalue weighted by atomic mass is 9.74. The fourth-order valence-corrected chi connectivity index (χ4v) is 4.18. The predicted molar refractivity (Wildman–Crippen MR) is 94.9 cm³/mol. The highest BCUT2D eigenvalue weighted by molar-refractivity contribution is 7.27. The van der Waals surface area contributed by atoms with E-state index in [1.54, 1.807) is 0 Å². The Balaban J connectivity index is 1.57. The molecule has 146 valence electrons. The van der Waals surface area contributed by atoms with Crippen molar-refractivity contribution >= 4 is 14.5 Å². The van der Waals surface area contributed by atoms with E-state index in [9.17, 15) is 17.6 Å². The minimum atomic E-state index is -3.63. The van der Waals surface area contributed by atoms with E-state index in [2.05, 4.69) is 11.7 Å². The molecule has 3 unspecified atom stereocenters. The molecule has 1 aliphatic heterocycles. The molecule has 0 bridgehead atoms. The highest BCUT2D eigenvalue weighted by atomic mass is 31.0. The van der Waals surface area contributed by atoms with E-state index < -0.39 is 29.6 Å². The highest BCUT2D eigenvalue weighted by Gasteiger charge is 2.46. The van der Waals surface area contributed by atoms with Crippen LogP contribution in [0.4, 0.5) is 17.6 Å². The van der Waals surface area contributed by atoms with Gasteiger partial charge in [-0.1, -0.05) is 29.0 Å². The van der Waals surface area contributed by atoms with Crippen LogP contribution in [-0.2, 0) is 4.74 Å². The number of hydrogen-bond donors (Lipinski definition) is 0. The topological polar surface area (TPSA) is 18.5 Å². The molecule has 0 aromatic heterocycles. The molecule has 2 nitrogen and oxygen atoms in total. The lowest BCUT2D eigenvalue weighted by molar-refractivity contribution is -0.266. The lowest BCUT2D eigenvalue weighted by Gasteiger charge is -2.38. The summed E-state index contributed by atoms with van der Waals surface area (Å²) in [6.07, 6.45) is 0.446. The van der Waals surface area contributed by atoms with Gasteiger partial charge in [0.25, 0.3) is 0 Å². The Labute approximate surface area is 153 Å². The number of hydrogen-bond acceptors (Lipinski definition) is 2. The summed E-state index contributed by atoms with van der Waals surface area (Å²) in [7, 11) is 1.89. The number of benzene rings is 1. The van der Waals surface area contributed by atoms with Crippen molar-refractivity contribution in [2.75, 3.05) is 6.61 Å². The third-order valence-corrected chi connectivity index (χ3v) is 6.27. The van der Waals surface area contributed by atoms with Crippen molar-refractivity contribution in [3.05, 3.63) is 23.8 Å². The third-order valence-electron chi connectivity index (χ3n) is 5.72. The van der Waals surface area contributed by atoms with Gasteiger partial charge in [0.1, 0.15) is 17.4 Å². The molecule has 1 heterocycles. The first kappa shape index (κ1) is 19.9. The molecule has 0 radical (unpaired) electrons. The summed E-state index contributed by atoms with van der Waals surface area (Å²) in [5.74, 6) is -0.840. The van der Waals surface area contributed by atoms with Gasteiger partial charge in [-0.3, -0.25) is 0 Å². The molecule has 3 atom stereocenters. The number of rotatable bonds is 4. The first-order chi connectivity index (χ1) is 12.3. The second kappa shape index (κ2) is 8.02.